The molecule has 1 nitrogen and oxygen atoms in total. The Balaban J connectivity index is 1.58. The van der Waals surface area contributed by atoms with Crippen molar-refractivity contribution in [1.29, 1.82) is 0 Å². The van der Waals surface area contributed by atoms with Crippen molar-refractivity contribution in [3.63, 3.8) is 0 Å². The van der Waals surface area contributed by atoms with Crippen molar-refractivity contribution in [2.45, 2.75) is 38.6 Å². The van der Waals surface area contributed by atoms with Gasteiger partial charge in [-0.05, 0) is 46.9 Å². The summed E-state index contributed by atoms with van der Waals surface area (Å²) in [4.78, 5) is 1.42. The van der Waals surface area contributed by atoms with Crippen LogP contribution in [0.5, 0.6) is 0 Å². The Morgan fingerprint density at radius 3 is 2.80 bits per heavy atom. The molecule has 1 aromatic heterocycles. The van der Waals surface area contributed by atoms with Crippen LogP contribution in [0.3, 0.4) is 0 Å². The maximum Gasteiger partial charge on any atom is 0.0701 e. The molecule has 1 aromatic rings. The molecule has 0 amide bonds. The van der Waals surface area contributed by atoms with Gasteiger partial charge in [-0.15, -0.1) is 11.3 Å². The van der Waals surface area contributed by atoms with Gasteiger partial charge in [-0.25, -0.2) is 0 Å². The zero-order valence-corrected chi connectivity index (χ0v) is 11.4. The molecule has 1 saturated carbocycles. The highest BCUT2D eigenvalue weighted by atomic mass is 79.9. The maximum absolute atomic E-state index is 3.53. The molecule has 0 unspecified atom stereocenters. The Morgan fingerprint density at radius 1 is 1.33 bits per heavy atom. The highest BCUT2D eigenvalue weighted by Gasteiger charge is 2.13. The van der Waals surface area contributed by atoms with Gasteiger partial charge in [0.25, 0.3) is 0 Å². The molecule has 0 atom stereocenters. The van der Waals surface area contributed by atoms with Crippen LogP contribution in [0.4, 0.5) is 0 Å². The second-order valence-electron chi connectivity index (χ2n) is 4.32. The number of halogens is 1. The summed E-state index contributed by atoms with van der Waals surface area (Å²) in [6, 6.07) is 4.32. The van der Waals surface area contributed by atoms with Gasteiger partial charge in [-0.1, -0.05) is 25.7 Å². The summed E-state index contributed by atoms with van der Waals surface area (Å²) in [5, 5.41) is 3.53. The van der Waals surface area contributed by atoms with Crippen molar-refractivity contribution in [1.82, 2.24) is 5.32 Å². The Kier molecular flexibility index (Phi) is 4.66. The fourth-order valence-electron chi connectivity index (χ4n) is 2.26. The van der Waals surface area contributed by atoms with E-state index in [1.54, 1.807) is 0 Å². The summed E-state index contributed by atoms with van der Waals surface area (Å²) in [6.45, 7) is 2.21. The van der Waals surface area contributed by atoms with Gasteiger partial charge in [-0.3, -0.25) is 0 Å². The Hall–Kier alpha value is 0.140. The summed E-state index contributed by atoms with van der Waals surface area (Å²) < 4.78 is 1.23. The van der Waals surface area contributed by atoms with E-state index in [0.717, 1.165) is 12.5 Å². The third-order valence-electron chi connectivity index (χ3n) is 3.13. The van der Waals surface area contributed by atoms with Crippen LogP contribution in [-0.4, -0.2) is 6.54 Å². The Labute approximate surface area is 104 Å². The lowest BCUT2D eigenvalue weighted by atomic mass is 10.0. The normalized spacial score (nSPS) is 17.4. The summed E-state index contributed by atoms with van der Waals surface area (Å²) in [7, 11) is 0. The lowest BCUT2D eigenvalue weighted by molar-refractivity contribution is 0.478. The number of hydrogen-bond acceptors (Lipinski definition) is 2. The molecular weight excluding hydrogens is 270 g/mol. The van der Waals surface area contributed by atoms with Crippen LogP contribution in [0.25, 0.3) is 0 Å². The van der Waals surface area contributed by atoms with Crippen LogP contribution in [-0.2, 0) is 6.54 Å². The molecule has 1 aliphatic rings. The molecule has 0 aromatic carbocycles. The first-order valence-corrected chi connectivity index (χ1v) is 7.40. The molecule has 3 heteroatoms. The van der Waals surface area contributed by atoms with Gasteiger partial charge < -0.3 is 5.32 Å². The van der Waals surface area contributed by atoms with Gasteiger partial charge in [0, 0.05) is 11.4 Å². The van der Waals surface area contributed by atoms with Crippen molar-refractivity contribution in [3.8, 4) is 0 Å². The van der Waals surface area contributed by atoms with E-state index in [9.17, 15) is 0 Å². The first-order valence-electron chi connectivity index (χ1n) is 5.79. The molecule has 0 bridgehead atoms. The molecule has 1 fully saturated rings. The van der Waals surface area contributed by atoms with Crippen molar-refractivity contribution in [3.05, 3.63) is 20.8 Å². The molecule has 0 radical (unpaired) electrons. The number of nitrogens with one attached hydrogen (secondary N) is 1. The highest BCUT2D eigenvalue weighted by Crippen LogP contribution is 2.27. The SMILES string of the molecule is Brc1ccc(CNCCC2CCCC2)s1. The zero-order valence-electron chi connectivity index (χ0n) is 8.97. The van der Waals surface area contributed by atoms with Gasteiger partial charge in [0.2, 0.25) is 0 Å². The van der Waals surface area contributed by atoms with Gasteiger partial charge in [-0.2, -0.15) is 0 Å². The quantitative estimate of drug-likeness (QED) is 0.801. The van der Waals surface area contributed by atoms with Crippen LogP contribution < -0.4 is 5.32 Å². The van der Waals surface area contributed by atoms with Crippen molar-refractivity contribution in [2.24, 2.45) is 5.92 Å². The largest absolute Gasteiger partial charge is 0.312 e. The molecule has 1 N–H and O–H groups in total. The van der Waals surface area contributed by atoms with Gasteiger partial charge in [0.1, 0.15) is 0 Å². The van der Waals surface area contributed by atoms with Crippen LogP contribution in [0.1, 0.15) is 37.0 Å². The van der Waals surface area contributed by atoms with Crippen LogP contribution in [0, 0.1) is 5.92 Å². The van der Waals surface area contributed by atoms with Gasteiger partial charge in [0.15, 0.2) is 0 Å². The summed E-state index contributed by atoms with van der Waals surface area (Å²) in [5.41, 5.74) is 0. The Bertz CT molecular complexity index is 292. The molecule has 1 aliphatic carbocycles. The predicted octanol–water partition coefficient (Wildman–Crippen LogP) is 4.18. The average molecular weight is 288 g/mol. The number of thiophene rings is 1. The lowest BCUT2D eigenvalue weighted by Gasteiger charge is -2.08. The number of rotatable bonds is 5. The van der Waals surface area contributed by atoms with E-state index in [-0.39, 0.29) is 0 Å². The molecule has 2 rings (SSSR count). The second kappa shape index (κ2) is 6.02. The molecule has 1 heterocycles. The van der Waals surface area contributed by atoms with E-state index >= 15 is 0 Å². The van der Waals surface area contributed by atoms with Crippen LogP contribution in [0.15, 0.2) is 15.9 Å². The zero-order chi connectivity index (χ0) is 10.5. The fourth-order valence-corrected chi connectivity index (χ4v) is 3.72. The summed E-state index contributed by atoms with van der Waals surface area (Å²) >= 11 is 5.31. The predicted molar refractivity (Wildman–Crippen MR) is 70.3 cm³/mol. The minimum Gasteiger partial charge on any atom is -0.312 e. The van der Waals surface area contributed by atoms with E-state index < -0.39 is 0 Å². The van der Waals surface area contributed by atoms with E-state index in [4.69, 9.17) is 0 Å². The molecule has 15 heavy (non-hydrogen) atoms. The second-order valence-corrected chi connectivity index (χ2v) is 6.87. The standard InChI is InChI=1S/C12H18BrNS/c13-12-6-5-11(15-12)9-14-8-7-10-3-1-2-4-10/h5-6,10,14H,1-4,7-9H2. The third kappa shape index (κ3) is 3.89. The van der Waals surface area contributed by atoms with Gasteiger partial charge >= 0.3 is 0 Å². The molecule has 84 valence electrons. The first kappa shape index (κ1) is 11.6. The fraction of sp³-hybridized carbons (Fsp3) is 0.667. The van der Waals surface area contributed by atoms with E-state index in [1.165, 1.54) is 47.3 Å². The summed E-state index contributed by atoms with van der Waals surface area (Å²) in [5.74, 6) is 1.01. The van der Waals surface area contributed by atoms with Crippen molar-refractivity contribution < 1.29 is 0 Å². The van der Waals surface area contributed by atoms with Crippen LogP contribution in [0.2, 0.25) is 0 Å². The minimum atomic E-state index is 1.01. The van der Waals surface area contributed by atoms with Crippen molar-refractivity contribution >= 4 is 27.3 Å². The lowest BCUT2D eigenvalue weighted by Crippen LogP contribution is -2.16. The summed E-state index contributed by atoms with van der Waals surface area (Å²) in [6.07, 6.45) is 7.22. The van der Waals surface area contributed by atoms with E-state index in [2.05, 4.69) is 33.4 Å². The van der Waals surface area contributed by atoms with Crippen LogP contribution >= 0.6 is 27.3 Å². The maximum atomic E-state index is 3.53. The number of hydrogen-bond donors (Lipinski definition) is 1. The molecule has 0 saturated heterocycles. The molecule has 0 spiro atoms. The van der Waals surface area contributed by atoms with E-state index in [0.29, 0.717) is 0 Å². The molecule has 0 aliphatic heterocycles. The Morgan fingerprint density at radius 2 is 2.13 bits per heavy atom. The monoisotopic (exact) mass is 287 g/mol. The topological polar surface area (TPSA) is 12.0 Å². The van der Waals surface area contributed by atoms with Gasteiger partial charge in [0.05, 0.1) is 3.79 Å². The smallest absolute Gasteiger partial charge is 0.0701 e. The average Bonchev–Trinajstić information content (AvgIpc) is 2.84. The third-order valence-corrected chi connectivity index (χ3v) is 4.76. The molecular formula is C12H18BrNS. The first-order chi connectivity index (χ1) is 7.34. The highest BCUT2D eigenvalue weighted by molar-refractivity contribution is 9.11. The van der Waals surface area contributed by atoms with Crippen molar-refractivity contribution in [2.75, 3.05) is 6.54 Å². The minimum absolute atomic E-state index is 1.01. The van der Waals surface area contributed by atoms with E-state index in [1.807, 2.05) is 11.3 Å².